The number of nitrogens with one attached hydrogen (secondary N) is 1. The van der Waals surface area contributed by atoms with Crippen LogP contribution in [0.1, 0.15) is 40.0 Å². The molecule has 1 rings (SSSR count). The molecule has 0 aromatic carbocycles. The average molecular weight is 253 g/mol. The second kappa shape index (κ2) is 6.51. The fourth-order valence-corrected chi connectivity index (χ4v) is 2.22. The Labute approximate surface area is 111 Å². The fourth-order valence-electron chi connectivity index (χ4n) is 2.22. The minimum Gasteiger partial charge on any atom is -0.380 e. The SMILES string of the molecule is COC(C)CN(C)C(C)CC(C)(C#N)NC1CC1. The molecule has 4 nitrogen and oxygen atoms in total. The third-order valence-electron chi connectivity index (χ3n) is 3.75. The lowest BCUT2D eigenvalue weighted by Gasteiger charge is -2.33. The van der Waals surface area contributed by atoms with Gasteiger partial charge in [0.15, 0.2) is 0 Å². The van der Waals surface area contributed by atoms with E-state index in [4.69, 9.17) is 4.74 Å². The first kappa shape index (κ1) is 15.4. The highest BCUT2D eigenvalue weighted by molar-refractivity contribution is 5.08. The summed E-state index contributed by atoms with van der Waals surface area (Å²) in [5.41, 5.74) is -0.412. The zero-order chi connectivity index (χ0) is 13.8. The molecule has 104 valence electrons. The molecule has 0 spiro atoms. The van der Waals surface area contributed by atoms with Crippen LogP contribution in [0.4, 0.5) is 0 Å². The molecule has 0 amide bonds. The van der Waals surface area contributed by atoms with Gasteiger partial charge in [-0.25, -0.2) is 0 Å². The van der Waals surface area contributed by atoms with Crippen LogP contribution in [0.2, 0.25) is 0 Å². The Balaban J connectivity index is 2.44. The zero-order valence-corrected chi connectivity index (χ0v) is 12.4. The molecule has 0 bridgehead atoms. The van der Waals surface area contributed by atoms with Gasteiger partial charge in [-0.15, -0.1) is 0 Å². The van der Waals surface area contributed by atoms with E-state index in [9.17, 15) is 5.26 Å². The largest absolute Gasteiger partial charge is 0.380 e. The van der Waals surface area contributed by atoms with Gasteiger partial charge in [0, 0.05) is 25.7 Å². The first-order chi connectivity index (χ1) is 8.40. The van der Waals surface area contributed by atoms with Crippen molar-refractivity contribution < 1.29 is 4.74 Å². The number of likely N-dealkylation sites (N-methyl/N-ethyl adjacent to an activating group) is 1. The van der Waals surface area contributed by atoms with Gasteiger partial charge >= 0.3 is 0 Å². The van der Waals surface area contributed by atoms with E-state index < -0.39 is 5.54 Å². The van der Waals surface area contributed by atoms with Crippen LogP contribution < -0.4 is 5.32 Å². The van der Waals surface area contributed by atoms with Crippen molar-refractivity contribution in [2.75, 3.05) is 20.7 Å². The number of nitriles is 1. The van der Waals surface area contributed by atoms with Crippen LogP contribution in [0.25, 0.3) is 0 Å². The lowest BCUT2D eigenvalue weighted by Crippen LogP contribution is -2.48. The second-order valence-electron chi connectivity index (χ2n) is 5.90. The van der Waals surface area contributed by atoms with Gasteiger partial charge in [0.05, 0.1) is 12.2 Å². The average Bonchev–Trinajstić information content (AvgIpc) is 3.12. The molecule has 1 fully saturated rings. The van der Waals surface area contributed by atoms with Gasteiger partial charge in [-0.05, 0) is 47.1 Å². The van der Waals surface area contributed by atoms with E-state index in [1.165, 1.54) is 12.8 Å². The molecule has 1 aliphatic carbocycles. The Morgan fingerprint density at radius 3 is 2.56 bits per heavy atom. The van der Waals surface area contributed by atoms with Gasteiger partial charge in [-0.2, -0.15) is 5.26 Å². The summed E-state index contributed by atoms with van der Waals surface area (Å²) in [4.78, 5) is 2.26. The van der Waals surface area contributed by atoms with Crippen LogP contribution in [0.5, 0.6) is 0 Å². The van der Waals surface area contributed by atoms with Crippen LogP contribution in [-0.2, 0) is 4.74 Å². The molecule has 0 aliphatic heterocycles. The highest BCUT2D eigenvalue weighted by Gasteiger charge is 2.34. The van der Waals surface area contributed by atoms with Crippen molar-refractivity contribution >= 4 is 0 Å². The summed E-state index contributed by atoms with van der Waals surface area (Å²) < 4.78 is 5.28. The van der Waals surface area contributed by atoms with Gasteiger partial charge in [-0.3, -0.25) is 5.32 Å². The fraction of sp³-hybridized carbons (Fsp3) is 0.929. The normalized spacial score (nSPS) is 22.3. The molecule has 0 saturated heterocycles. The van der Waals surface area contributed by atoms with Gasteiger partial charge in [0.1, 0.15) is 5.54 Å². The monoisotopic (exact) mass is 253 g/mol. The van der Waals surface area contributed by atoms with Crippen molar-refractivity contribution in [3.8, 4) is 6.07 Å². The highest BCUT2D eigenvalue weighted by atomic mass is 16.5. The molecule has 0 aromatic rings. The molecule has 0 heterocycles. The predicted octanol–water partition coefficient (Wildman–Crippen LogP) is 1.77. The van der Waals surface area contributed by atoms with E-state index in [0.29, 0.717) is 12.1 Å². The number of nitrogens with zero attached hydrogens (tertiary/aromatic N) is 2. The van der Waals surface area contributed by atoms with Crippen molar-refractivity contribution in [2.45, 2.75) is 63.8 Å². The molecule has 3 atom stereocenters. The molecule has 18 heavy (non-hydrogen) atoms. The molecule has 3 unspecified atom stereocenters. The van der Waals surface area contributed by atoms with E-state index in [-0.39, 0.29) is 6.10 Å². The summed E-state index contributed by atoms with van der Waals surface area (Å²) in [6, 6.07) is 3.35. The number of ether oxygens (including phenoxy) is 1. The van der Waals surface area contributed by atoms with E-state index in [2.05, 4.69) is 37.2 Å². The predicted molar refractivity (Wildman–Crippen MR) is 73.4 cm³/mol. The van der Waals surface area contributed by atoms with Crippen LogP contribution in [0.3, 0.4) is 0 Å². The van der Waals surface area contributed by atoms with Crippen LogP contribution in [-0.4, -0.2) is 49.3 Å². The van der Waals surface area contributed by atoms with E-state index in [1.54, 1.807) is 7.11 Å². The number of hydrogen-bond donors (Lipinski definition) is 1. The lowest BCUT2D eigenvalue weighted by atomic mass is 9.94. The second-order valence-corrected chi connectivity index (χ2v) is 5.90. The van der Waals surface area contributed by atoms with Crippen molar-refractivity contribution in [1.82, 2.24) is 10.2 Å². The smallest absolute Gasteiger partial charge is 0.105 e. The molecule has 1 N–H and O–H groups in total. The Kier molecular flexibility index (Phi) is 5.58. The van der Waals surface area contributed by atoms with E-state index >= 15 is 0 Å². The maximum atomic E-state index is 9.36. The van der Waals surface area contributed by atoms with Crippen LogP contribution in [0.15, 0.2) is 0 Å². The Hall–Kier alpha value is -0.630. The van der Waals surface area contributed by atoms with Crippen molar-refractivity contribution in [1.29, 1.82) is 5.26 Å². The summed E-state index contributed by atoms with van der Waals surface area (Å²) in [7, 11) is 3.83. The zero-order valence-electron chi connectivity index (χ0n) is 12.4. The topological polar surface area (TPSA) is 48.3 Å². The minimum atomic E-state index is -0.412. The molecule has 0 radical (unpaired) electrons. The molecular weight excluding hydrogens is 226 g/mol. The maximum Gasteiger partial charge on any atom is 0.105 e. The Morgan fingerprint density at radius 2 is 2.11 bits per heavy atom. The van der Waals surface area contributed by atoms with E-state index in [0.717, 1.165) is 13.0 Å². The third kappa shape index (κ3) is 4.93. The first-order valence-electron chi connectivity index (χ1n) is 6.82. The Morgan fingerprint density at radius 1 is 1.50 bits per heavy atom. The van der Waals surface area contributed by atoms with Gasteiger partial charge in [0.2, 0.25) is 0 Å². The molecular formula is C14H27N3O. The summed E-state index contributed by atoms with van der Waals surface area (Å²) in [5, 5.41) is 12.8. The van der Waals surface area contributed by atoms with Crippen LogP contribution in [0, 0.1) is 11.3 Å². The summed E-state index contributed by atoms with van der Waals surface area (Å²) >= 11 is 0. The molecule has 1 saturated carbocycles. The number of hydrogen-bond acceptors (Lipinski definition) is 4. The highest BCUT2D eigenvalue weighted by Crippen LogP contribution is 2.25. The third-order valence-corrected chi connectivity index (χ3v) is 3.75. The summed E-state index contributed by atoms with van der Waals surface area (Å²) in [6.45, 7) is 7.14. The lowest BCUT2D eigenvalue weighted by molar-refractivity contribution is 0.0693. The molecule has 4 heteroatoms. The van der Waals surface area contributed by atoms with Gasteiger partial charge in [-0.1, -0.05) is 0 Å². The Bertz CT molecular complexity index is 298. The van der Waals surface area contributed by atoms with Gasteiger partial charge in [0.25, 0.3) is 0 Å². The quantitative estimate of drug-likeness (QED) is 0.716. The standard InChI is InChI=1S/C14H27N3O/c1-11(17(4)9-12(2)18-5)8-14(3,10-15)16-13-6-7-13/h11-13,16H,6-9H2,1-5H3. The summed E-state index contributed by atoms with van der Waals surface area (Å²) in [6.07, 6.45) is 3.49. The minimum absolute atomic E-state index is 0.224. The molecule has 0 aromatic heterocycles. The number of rotatable bonds is 8. The first-order valence-corrected chi connectivity index (χ1v) is 6.82. The van der Waals surface area contributed by atoms with Gasteiger partial charge < -0.3 is 9.64 Å². The number of methoxy groups -OCH3 is 1. The van der Waals surface area contributed by atoms with E-state index in [1.807, 2.05) is 6.92 Å². The summed E-state index contributed by atoms with van der Waals surface area (Å²) in [5.74, 6) is 0. The maximum absolute atomic E-state index is 9.36. The van der Waals surface area contributed by atoms with Crippen molar-refractivity contribution in [3.05, 3.63) is 0 Å². The van der Waals surface area contributed by atoms with Crippen LogP contribution >= 0.6 is 0 Å². The van der Waals surface area contributed by atoms with Crippen molar-refractivity contribution in [3.63, 3.8) is 0 Å². The molecule has 1 aliphatic rings. The van der Waals surface area contributed by atoms with Crippen molar-refractivity contribution in [2.24, 2.45) is 0 Å².